The Balaban J connectivity index is 1.18. The minimum atomic E-state index is -0.544. The van der Waals surface area contributed by atoms with Gasteiger partial charge in [0.25, 0.3) is 0 Å². The first-order valence-electron chi connectivity index (χ1n) is 16.7. The zero-order valence-electron chi connectivity index (χ0n) is 28.5. The highest BCUT2D eigenvalue weighted by atomic mass is 35.5. The van der Waals surface area contributed by atoms with Gasteiger partial charge in [-0.3, -0.25) is 19.4 Å². The lowest BCUT2D eigenvalue weighted by Gasteiger charge is -2.31. The normalized spacial score (nSPS) is 17.0. The minimum Gasteiger partial charge on any atom is -0.487 e. The maximum absolute atomic E-state index is 12.6. The van der Waals surface area contributed by atoms with E-state index in [1.807, 2.05) is 0 Å². The van der Waals surface area contributed by atoms with Crippen molar-refractivity contribution in [2.24, 2.45) is 0 Å². The van der Waals surface area contributed by atoms with E-state index < -0.39 is 11.9 Å². The molecule has 50 heavy (non-hydrogen) atoms. The molecule has 0 radical (unpaired) electrons. The topological polar surface area (TPSA) is 102 Å². The highest BCUT2D eigenvalue weighted by molar-refractivity contribution is 6.36. The second kappa shape index (κ2) is 21.4. The van der Waals surface area contributed by atoms with Gasteiger partial charge < -0.3 is 28.6 Å². The van der Waals surface area contributed by atoms with Crippen LogP contribution in [0.4, 0.5) is 0 Å². The van der Waals surface area contributed by atoms with E-state index in [4.69, 9.17) is 75.0 Å². The van der Waals surface area contributed by atoms with E-state index in [-0.39, 0.29) is 25.0 Å². The molecule has 16 heteroatoms. The van der Waals surface area contributed by atoms with Gasteiger partial charge in [0.15, 0.2) is 0 Å². The van der Waals surface area contributed by atoms with Gasteiger partial charge in [-0.1, -0.05) is 46.4 Å². The predicted molar refractivity (Wildman–Crippen MR) is 192 cm³/mol. The Labute approximate surface area is 314 Å². The fraction of sp³-hybridized carbons (Fsp3) is 0.588. The Bertz CT molecular complexity index is 1270. The quantitative estimate of drug-likeness (QED) is 0.168. The first-order chi connectivity index (χ1) is 24.0. The Morgan fingerprint density at radius 1 is 0.680 bits per heavy atom. The second-order valence-electron chi connectivity index (χ2n) is 12.2. The Morgan fingerprint density at radius 2 is 1.06 bits per heavy atom. The van der Waals surface area contributed by atoms with Crippen molar-refractivity contribution < 1.29 is 38.2 Å². The van der Waals surface area contributed by atoms with Crippen LogP contribution in [-0.2, 0) is 28.7 Å². The molecule has 2 aromatic carbocycles. The molecule has 0 aliphatic carbocycles. The van der Waals surface area contributed by atoms with Crippen LogP contribution in [0, 0.1) is 0 Å². The number of hydrogen-bond donors (Lipinski definition) is 0. The molecular weight excluding hydrogens is 734 g/mol. The molecule has 0 unspecified atom stereocenters. The van der Waals surface area contributed by atoms with Crippen LogP contribution in [0.25, 0.3) is 0 Å². The Morgan fingerprint density at radius 3 is 1.42 bits per heavy atom. The van der Waals surface area contributed by atoms with Crippen LogP contribution in [0.3, 0.4) is 0 Å². The Kier molecular flexibility index (Phi) is 17.4. The number of ether oxygens (including phenoxy) is 4. The summed E-state index contributed by atoms with van der Waals surface area (Å²) in [7, 11) is 3.33. The van der Waals surface area contributed by atoms with Gasteiger partial charge >= 0.3 is 11.9 Å². The van der Waals surface area contributed by atoms with Crippen molar-refractivity contribution in [2.45, 2.75) is 37.9 Å². The lowest BCUT2D eigenvalue weighted by molar-refractivity contribution is -0.192. The molecule has 0 N–H and O–H groups in total. The number of carbonyl (C=O) groups is 2. The maximum Gasteiger partial charge on any atom is 0.325 e. The summed E-state index contributed by atoms with van der Waals surface area (Å²) in [6.45, 7) is 7.93. The van der Waals surface area contributed by atoms with E-state index in [0.717, 1.165) is 26.2 Å². The van der Waals surface area contributed by atoms with Gasteiger partial charge in [-0.2, -0.15) is 0 Å². The zero-order chi connectivity index (χ0) is 35.9. The molecule has 0 aromatic heterocycles. The second-order valence-corrected chi connectivity index (χ2v) is 13.8. The fourth-order valence-corrected chi connectivity index (χ4v) is 6.31. The average Bonchev–Trinajstić information content (AvgIpc) is 3.08. The fourth-order valence-electron chi connectivity index (χ4n) is 5.41. The molecular formula is C34H46Cl4N4O8. The van der Waals surface area contributed by atoms with Gasteiger partial charge in [-0.15, -0.1) is 10.1 Å². The maximum atomic E-state index is 12.6. The van der Waals surface area contributed by atoms with Crippen LogP contribution < -0.4 is 9.47 Å². The lowest BCUT2D eigenvalue weighted by Crippen LogP contribution is -2.43. The largest absolute Gasteiger partial charge is 0.487 e. The third kappa shape index (κ3) is 14.9. The molecule has 2 saturated heterocycles. The number of rotatable bonds is 19. The highest BCUT2D eigenvalue weighted by Gasteiger charge is 2.23. The van der Waals surface area contributed by atoms with E-state index >= 15 is 0 Å². The van der Waals surface area contributed by atoms with Crippen molar-refractivity contribution >= 4 is 58.3 Å². The molecule has 0 saturated carbocycles. The summed E-state index contributed by atoms with van der Waals surface area (Å²) in [5.41, 5.74) is 0. The van der Waals surface area contributed by atoms with Crippen molar-refractivity contribution in [1.82, 2.24) is 19.9 Å². The Hall–Kier alpha value is -2.10. The van der Waals surface area contributed by atoms with Crippen LogP contribution in [0.1, 0.15) is 25.7 Å². The molecule has 0 bridgehead atoms. The number of benzene rings is 2. The van der Waals surface area contributed by atoms with Crippen molar-refractivity contribution in [3.8, 4) is 11.5 Å². The number of hydroxylamine groups is 4. The van der Waals surface area contributed by atoms with Gasteiger partial charge in [0.05, 0.1) is 49.3 Å². The minimum absolute atomic E-state index is 0.136. The number of nitrogens with zero attached hydrogens (tertiary/aromatic N) is 4. The summed E-state index contributed by atoms with van der Waals surface area (Å²) in [6, 6.07) is 10.2. The summed E-state index contributed by atoms with van der Waals surface area (Å²) in [6.07, 6.45) is 0.355. The standard InChI is InChI=1S/C34H46Cl4N4O8/c1-39(11-9-27(23-41-13-17-45-18-14-41)47-31-5-3-25(35)21-29(31)37)49-33(43)7-8-34(44)50-40(2)12-10-28(24-42-15-19-46-20-16-42)48-32-6-4-26(36)22-30(32)38/h3-6,21-22,27-28H,7-20,23-24H2,1-2H3/t27-,28-/m1/s1. The summed E-state index contributed by atoms with van der Waals surface area (Å²) >= 11 is 24.8. The van der Waals surface area contributed by atoms with Gasteiger partial charge in [0.1, 0.15) is 23.7 Å². The summed E-state index contributed by atoms with van der Waals surface area (Å²) in [5, 5.41) is 4.78. The van der Waals surface area contributed by atoms with Gasteiger partial charge in [-0.25, -0.2) is 0 Å². The van der Waals surface area contributed by atoms with Crippen LogP contribution in [-0.4, -0.2) is 137 Å². The number of carbonyl (C=O) groups excluding carboxylic acids is 2. The van der Waals surface area contributed by atoms with Crippen molar-refractivity contribution in [3.63, 3.8) is 0 Å². The molecule has 0 spiro atoms. The molecule has 0 amide bonds. The van der Waals surface area contributed by atoms with E-state index in [2.05, 4.69) is 9.80 Å². The molecule has 2 aliphatic heterocycles. The monoisotopic (exact) mass is 778 g/mol. The van der Waals surface area contributed by atoms with Crippen LogP contribution >= 0.6 is 46.4 Å². The van der Waals surface area contributed by atoms with E-state index in [9.17, 15) is 9.59 Å². The van der Waals surface area contributed by atoms with Gasteiger partial charge in [-0.05, 0) is 36.4 Å². The lowest BCUT2D eigenvalue weighted by atomic mass is 10.2. The first kappa shape index (κ1) is 40.7. The molecule has 12 nitrogen and oxygen atoms in total. The van der Waals surface area contributed by atoms with E-state index in [0.29, 0.717) is 97.0 Å². The molecule has 2 fully saturated rings. The molecule has 2 atom stereocenters. The first-order valence-corrected chi connectivity index (χ1v) is 18.2. The van der Waals surface area contributed by atoms with Gasteiger partial charge in [0, 0.05) is 89.3 Å². The van der Waals surface area contributed by atoms with Crippen LogP contribution in [0.5, 0.6) is 11.5 Å². The zero-order valence-corrected chi connectivity index (χ0v) is 31.5. The van der Waals surface area contributed by atoms with Crippen molar-refractivity contribution in [1.29, 1.82) is 0 Å². The van der Waals surface area contributed by atoms with Crippen molar-refractivity contribution in [2.75, 3.05) is 92.9 Å². The van der Waals surface area contributed by atoms with Gasteiger partial charge in [0.2, 0.25) is 0 Å². The predicted octanol–water partition coefficient (Wildman–Crippen LogP) is 5.50. The molecule has 278 valence electrons. The third-order valence-corrected chi connectivity index (χ3v) is 9.15. The van der Waals surface area contributed by atoms with E-state index in [1.54, 1.807) is 50.5 Å². The molecule has 4 rings (SSSR count). The van der Waals surface area contributed by atoms with Crippen molar-refractivity contribution in [3.05, 3.63) is 56.5 Å². The van der Waals surface area contributed by atoms with Crippen LogP contribution in [0.2, 0.25) is 20.1 Å². The summed E-state index contributed by atoms with van der Waals surface area (Å²) < 4.78 is 23.4. The molecule has 2 aliphatic rings. The average molecular weight is 781 g/mol. The molecule has 2 aromatic rings. The molecule has 2 heterocycles. The summed E-state index contributed by atoms with van der Waals surface area (Å²) in [4.78, 5) is 40.6. The number of morpholine rings is 2. The summed E-state index contributed by atoms with van der Waals surface area (Å²) in [5.74, 6) is -0.0262. The smallest absolute Gasteiger partial charge is 0.325 e. The number of hydrogen-bond acceptors (Lipinski definition) is 12. The SMILES string of the molecule is CN(CC[C@H](CN1CCOCC1)Oc1ccc(Cl)cc1Cl)OC(=O)CCC(=O)ON(C)CC[C@H](CN1CCOCC1)Oc1ccc(Cl)cc1Cl. The van der Waals surface area contributed by atoms with Crippen LogP contribution in [0.15, 0.2) is 36.4 Å². The number of halogens is 4. The third-order valence-electron chi connectivity index (χ3n) is 8.09. The van der Waals surface area contributed by atoms with E-state index in [1.165, 1.54) is 10.1 Å². The highest BCUT2D eigenvalue weighted by Crippen LogP contribution is 2.30.